The highest BCUT2D eigenvalue weighted by atomic mass is 16.5. The van der Waals surface area contributed by atoms with E-state index in [0.717, 1.165) is 28.1 Å². The predicted octanol–water partition coefficient (Wildman–Crippen LogP) is 4.69. The number of rotatable bonds is 9. The summed E-state index contributed by atoms with van der Waals surface area (Å²) in [5.74, 6) is 1.76. The Kier molecular flexibility index (Phi) is 9.29. The summed E-state index contributed by atoms with van der Waals surface area (Å²) in [5, 5.41) is 5.15. The zero-order chi connectivity index (χ0) is 31.4. The average Bonchev–Trinajstić information content (AvgIpc) is 3.03. The molecule has 1 aliphatic heterocycles. The first-order valence-corrected chi connectivity index (χ1v) is 14.7. The molecule has 1 fully saturated rings. The molecule has 0 bridgehead atoms. The summed E-state index contributed by atoms with van der Waals surface area (Å²) in [6.07, 6.45) is 1.58. The highest BCUT2D eigenvalue weighted by molar-refractivity contribution is 5.86. The number of amides is 1. The molecule has 0 atom stereocenters. The number of morpholine rings is 1. The van der Waals surface area contributed by atoms with Crippen LogP contribution in [0.25, 0.3) is 22.3 Å². The first kappa shape index (κ1) is 30.7. The van der Waals surface area contributed by atoms with E-state index in [1.54, 1.807) is 24.3 Å². The third kappa shape index (κ3) is 6.45. The Morgan fingerprint density at radius 2 is 1.84 bits per heavy atom. The second-order valence-corrected chi connectivity index (χ2v) is 11.3. The van der Waals surface area contributed by atoms with Crippen molar-refractivity contribution in [3.63, 3.8) is 0 Å². The molecule has 1 aliphatic rings. The van der Waals surface area contributed by atoms with Crippen molar-refractivity contribution in [3.05, 3.63) is 81.6 Å². The normalized spacial score (nSPS) is 13.6. The van der Waals surface area contributed by atoms with Crippen LogP contribution in [0.3, 0.4) is 0 Å². The fourth-order valence-electron chi connectivity index (χ4n) is 5.17. The minimum Gasteiger partial charge on any atom is -0.496 e. The van der Waals surface area contributed by atoms with Crippen molar-refractivity contribution < 1.29 is 19.0 Å². The van der Waals surface area contributed by atoms with Crippen LogP contribution in [0.1, 0.15) is 36.5 Å². The summed E-state index contributed by atoms with van der Waals surface area (Å²) >= 11 is 0. The van der Waals surface area contributed by atoms with Crippen LogP contribution < -0.4 is 19.9 Å². The third-order valence-electron chi connectivity index (χ3n) is 7.73. The van der Waals surface area contributed by atoms with E-state index < -0.39 is 0 Å². The number of hydrogen-bond acceptors (Lipinski definition) is 8. The topological polar surface area (TPSA) is 98.5 Å². The van der Waals surface area contributed by atoms with Gasteiger partial charge in [0.05, 0.1) is 37.4 Å². The van der Waals surface area contributed by atoms with Crippen molar-refractivity contribution in [2.24, 2.45) is 5.10 Å². The number of carbonyl (C=O) groups excluding carboxylic acids is 1. The zero-order valence-electron chi connectivity index (χ0n) is 26.2. The second-order valence-electron chi connectivity index (χ2n) is 11.3. The molecule has 0 spiro atoms. The first-order valence-electron chi connectivity index (χ1n) is 14.7. The Labute approximate surface area is 257 Å². The van der Waals surface area contributed by atoms with Crippen LogP contribution in [-0.2, 0) is 9.53 Å². The molecule has 0 N–H and O–H groups in total. The largest absolute Gasteiger partial charge is 0.496 e. The summed E-state index contributed by atoms with van der Waals surface area (Å²) in [7, 11) is 5.52. The molecule has 0 unspecified atom stereocenters. The molecular weight excluding hydrogens is 558 g/mol. The van der Waals surface area contributed by atoms with Gasteiger partial charge < -0.3 is 24.0 Å². The van der Waals surface area contributed by atoms with Crippen LogP contribution >= 0.6 is 0 Å². The molecule has 44 heavy (non-hydrogen) atoms. The predicted molar refractivity (Wildman–Crippen MR) is 173 cm³/mol. The number of aryl methyl sites for hydroxylation is 1. The highest BCUT2D eigenvalue weighted by Gasteiger charge is 2.20. The Bertz CT molecular complexity index is 1760. The molecule has 0 saturated carbocycles. The van der Waals surface area contributed by atoms with Gasteiger partial charge >= 0.3 is 0 Å². The number of fused-ring (bicyclic) bond motifs is 1. The van der Waals surface area contributed by atoms with E-state index in [4.69, 9.17) is 24.3 Å². The summed E-state index contributed by atoms with van der Waals surface area (Å²) in [4.78, 5) is 35.4. The standard InChI is InChI=1S/C34H39N5O5/c1-22(2)27-19-28(23(3)17-31(27)42-6)33-36-29-10-8-7-9-26(29)34(41)39(33)35-20-24-11-12-25(37(4)5)18-30(24)44-21-32(40)38-13-15-43-16-14-38/h7-12,17-20,22H,13-16,21H2,1-6H3. The maximum absolute atomic E-state index is 13.9. The Balaban J connectivity index is 1.60. The molecule has 1 amide bonds. The number of nitrogens with zero attached hydrogens (tertiary/aromatic N) is 5. The fourth-order valence-corrected chi connectivity index (χ4v) is 5.17. The van der Waals surface area contributed by atoms with Crippen molar-refractivity contribution in [2.45, 2.75) is 26.7 Å². The smallest absolute Gasteiger partial charge is 0.282 e. The lowest BCUT2D eigenvalue weighted by atomic mass is 9.96. The van der Waals surface area contributed by atoms with Gasteiger partial charge in [-0.2, -0.15) is 9.78 Å². The van der Waals surface area contributed by atoms with Gasteiger partial charge in [0.25, 0.3) is 11.5 Å². The average molecular weight is 598 g/mol. The minimum atomic E-state index is -0.293. The SMILES string of the molecule is COc1cc(C)c(-c2nc3ccccc3c(=O)n2N=Cc2ccc(N(C)C)cc2OCC(=O)N2CCOCC2)cc1C(C)C. The van der Waals surface area contributed by atoms with Crippen molar-refractivity contribution in [2.75, 3.05) is 59.0 Å². The minimum absolute atomic E-state index is 0.111. The number of carbonyl (C=O) groups is 1. The second kappa shape index (κ2) is 13.3. The molecule has 10 heteroatoms. The lowest BCUT2D eigenvalue weighted by Gasteiger charge is -2.27. The molecule has 1 aromatic heterocycles. The molecule has 5 rings (SSSR count). The summed E-state index contributed by atoms with van der Waals surface area (Å²) < 4.78 is 18.4. The van der Waals surface area contributed by atoms with Crippen LogP contribution in [-0.4, -0.2) is 80.8 Å². The van der Waals surface area contributed by atoms with Crippen molar-refractivity contribution >= 4 is 28.7 Å². The van der Waals surface area contributed by atoms with Gasteiger partial charge in [0.1, 0.15) is 11.5 Å². The summed E-state index contributed by atoms with van der Waals surface area (Å²) in [6, 6.07) is 16.9. The Hall–Kier alpha value is -4.70. The van der Waals surface area contributed by atoms with Gasteiger partial charge in [0.15, 0.2) is 12.4 Å². The van der Waals surface area contributed by atoms with Crippen LogP contribution in [0.2, 0.25) is 0 Å². The van der Waals surface area contributed by atoms with Crippen LogP contribution in [0.4, 0.5) is 5.69 Å². The molecule has 2 heterocycles. The van der Waals surface area contributed by atoms with Gasteiger partial charge in [-0.1, -0.05) is 26.0 Å². The molecule has 10 nitrogen and oxygen atoms in total. The fraction of sp³-hybridized carbons (Fsp3) is 0.353. The van der Waals surface area contributed by atoms with Crippen LogP contribution in [0, 0.1) is 6.92 Å². The number of anilines is 1. The number of aromatic nitrogens is 2. The van der Waals surface area contributed by atoms with E-state index in [1.165, 1.54) is 4.68 Å². The quantitative estimate of drug-likeness (QED) is 0.258. The number of hydrogen-bond donors (Lipinski definition) is 0. The maximum atomic E-state index is 13.9. The maximum Gasteiger partial charge on any atom is 0.282 e. The number of benzene rings is 3. The van der Waals surface area contributed by atoms with Gasteiger partial charge in [-0.15, -0.1) is 0 Å². The monoisotopic (exact) mass is 597 g/mol. The van der Waals surface area contributed by atoms with E-state index in [2.05, 4.69) is 13.8 Å². The van der Waals surface area contributed by atoms with E-state index >= 15 is 0 Å². The molecule has 3 aromatic carbocycles. The Morgan fingerprint density at radius 3 is 2.55 bits per heavy atom. The summed E-state index contributed by atoms with van der Waals surface area (Å²) in [6.45, 7) is 8.15. The summed E-state index contributed by atoms with van der Waals surface area (Å²) in [5.41, 5.74) is 4.50. The van der Waals surface area contributed by atoms with E-state index in [9.17, 15) is 9.59 Å². The number of ether oxygens (including phenoxy) is 3. The van der Waals surface area contributed by atoms with Gasteiger partial charge in [-0.05, 0) is 60.4 Å². The molecular formula is C34H39N5O5. The molecule has 1 saturated heterocycles. The molecule has 0 aliphatic carbocycles. The van der Waals surface area contributed by atoms with E-state index in [-0.39, 0.29) is 24.0 Å². The van der Waals surface area contributed by atoms with Gasteiger partial charge in [0.2, 0.25) is 0 Å². The molecule has 4 aromatic rings. The van der Waals surface area contributed by atoms with Crippen LogP contribution in [0.5, 0.6) is 11.5 Å². The van der Waals surface area contributed by atoms with Crippen LogP contribution in [0.15, 0.2) is 64.5 Å². The highest BCUT2D eigenvalue weighted by Crippen LogP contribution is 2.34. The van der Waals surface area contributed by atoms with Gasteiger partial charge in [0, 0.05) is 50.1 Å². The molecule has 0 radical (unpaired) electrons. The van der Waals surface area contributed by atoms with Crippen molar-refractivity contribution in [1.29, 1.82) is 0 Å². The molecule has 230 valence electrons. The number of methoxy groups -OCH3 is 1. The van der Waals surface area contributed by atoms with Crippen molar-refractivity contribution in [1.82, 2.24) is 14.6 Å². The van der Waals surface area contributed by atoms with E-state index in [0.29, 0.717) is 54.3 Å². The lowest BCUT2D eigenvalue weighted by Crippen LogP contribution is -2.43. The lowest BCUT2D eigenvalue weighted by molar-refractivity contribution is -0.137. The van der Waals surface area contributed by atoms with Gasteiger partial charge in [-0.3, -0.25) is 9.59 Å². The Morgan fingerprint density at radius 1 is 1.09 bits per heavy atom. The zero-order valence-corrected chi connectivity index (χ0v) is 26.2. The van der Waals surface area contributed by atoms with Crippen molar-refractivity contribution in [3.8, 4) is 22.9 Å². The first-order chi connectivity index (χ1) is 21.2. The van der Waals surface area contributed by atoms with E-state index in [1.807, 2.05) is 74.4 Å². The number of para-hydroxylation sites is 1. The third-order valence-corrected chi connectivity index (χ3v) is 7.73. The van der Waals surface area contributed by atoms with Gasteiger partial charge in [-0.25, -0.2) is 4.98 Å².